The Bertz CT molecular complexity index is 3380. The summed E-state index contributed by atoms with van der Waals surface area (Å²) in [6.07, 6.45) is 0.927. The first-order valence-corrected chi connectivity index (χ1v) is 19.5. The van der Waals surface area contributed by atoms with Gasteiger partial charge in [0, 0.05) is 52.3 Å². The highest BCUT2D eigenvalue weighted by Crippen LogP contribution is 2.50. The van der Waals surface area contributed by atoms with Gasteiger partial charge < -0.3 is 9.47 Å². The summed E-state index contributed by atoms with van der Waals surface area (Å²) >= 11 is 0. The van der Waals surface area contributed by atoms with Gasteiger partial charge in [-0.3, -0.25) is 0 Å². The third kappa shape index (κ3) is 4.56. The zero-order valence-corrected chi connectivity index (χ0v) is 31.0. The Labute approximate surface area is 325 Å². The number of hydrogen-bond donors (Lipinski definition) is 0. The van der Waals surface area contributed by atoms with E-state index in [1.807, 2.05) is 0 Å². The number of aromatic nitrogens is 1. The Balaban J connectivity index is 1.26. The van der Waals surface area contributed by atoms with Crippen LogP contribution < -0.4 is 4.90 Å². The molecule has 1 aromatic heterocycles. The first-order valence-electron chi connectivity index (χ1n) is 19.5. The molecule has 0 amide bonds. The van der Waals surface area contributed by atoms with Crippen molar-refractivity contribution in [2.24, 2.45) is 7.05 Å². The molecule has 0 radical (unpaired) electrons. The Morgan fingerprint density at radius 1 is 0.357 bits per heavy atom. The SMILES string of the molecule is Cn1c2ccccc2c2cc3c(-c4ccc5ccccc5c4)c4cc(N5c6ccccc6Cc6ccccc65)ccc4c(-c4ccc5ccccc5c4)c3cc21. The van der Waals surface area contributed by atoms with E-state index in [0.717, 1.165) is 12.1 Å². The molecule has 11 aromatic rings. The van der Waals surface area contributed by atoms with Crippen LogP contribution in [0.5, 0.6) is 0 Å². The highest BCUT2D eigenvalue weighted by Gasteiger charge is 2.26. The second-order valence-electron chi connectivity index (χ2n) is 15.4. The minimum absolute atomic E-state index is 0.927. The monoisotopic (exact) mass is 712 g/mol. The minimum atomic E-state index is 0.927. The molecule has 262 valence electrons. The zero-order valence-electron chi connectivity index (χ0n) is 31.0. The molecule has 0 saturated carbocycles. The second kappa shape index (κ2) is 11.9. The number of benzene rings is 10. The molecule has 0 atom stereocenters. The van der Waals surface area contributed by atoms with Gasteiger partial charge in [-0.05, 0) is 131 Å². The van der Waals surface area contributed by atoms with E-state index in [1.165, 1.54) is 110 Å². The molecule has 56 heavy (non-hydrogen) atoms. The molecule has 0 saturated heterocycles. The van der Waals surface area contributed by atoms with E-state index in [1.54, 1.807) is 0 Å². The molecule has 0 bridgehead atoms. The fourth-order valence-electron chi connectivity index (χ4n) is 9.69. The number of fused-ring (bicyclic) bond motifs is 9. The van der Waals surface area contributed by atoms with Crippen LogP contribution in [-0.4, -0.2) is 4.57 Å². The van der Waals surface area contributed by atoms with Crippen LogP contribution in [0.2, 0.25) is 0 Å². The van der Waals surface area contributed by atoms with Gasteiger partial charge in [0.1, 0.15) is 0 Å². The Morgan fingerprint density at radius 3 is 1.57 bits per heavy atom. The molecule has 0 fully saturated rings. The van der Waals surface area contributed by atoms with Crippen molar-refractivity contribution in [3.8, 4) is 22.3 Å². The summed E-state index contributed by atoms with van der Waals surface area (Å²) in [5.41, 5.74) is 13.8. The lowest BCUT2D eigenvalue weighted by Gasteiger charge is -2.34. The highest BCUT2D eigenvalue weighted by molar-refractivity contribution is 6.26. The lowest BCUT2D eigenvalue weighted by Crippen LogP contribution is -2.18. The van der Waals surface area contributed by atoms with Crippen LogP contribution in [0.4, 0.5) is 17.1 Å². The number of nitrogens with zero attached hydrogens (tertiary/aromatic N) is 2. The summed E-state index contributed by atoms with van der Waals surface area (Å²) in [6, 6.07) is 70.2. The Morgan fingerprint density at radius 2 is 0.893 bits per heavy atom. The topological polar surface area (TPSA) is 8.17 Å². The van der Waals surface area contributed by atoms with Crippen LogP contribution in [0.25, 0.3) is 87.1 Å². The second-order valence-corrected chi connectivity index (χ2v) is 15.4. The predicted octanol–water partition coefficient (Wildman–Crippen LogP) is 14.7. The molecule has 0 N–H and O–H groups in total. The van der Waals surface area contributed by atoms with Gasteiger partial charge in [0.25, 0.3) is 0 Å². The van der Waals surface area contributed by atoms with Crippen LogP contribution in [0, 0.1) is 0 Å². The van der Waals surface area contributed by atoms with Gasteiger partial charge in [-0.2, -0.15) is 0 Å². The fourth-order valence-corrected chi connectivity index (χ4v) is 9.69. The van der Waals surface area contributed by atoms with E-state index < -0.39 is 0 Å². The van der Waals surface area contributed by atoms with Gasteiger partial charge in [-0.25, -0.2) is 0 Å². The third-order valence-electron chi connectivity index (χ3n) is 12.3. The predicted molar refractivity (Wildman–Crippen MR) is 239 cm³/mol. The first-order chi connectivity index (χ1) is 27.7. The standard InChI is InChI=1S/C54H36N2/c1-55-51-21-11-8-18-43(51)45-32-47-48(33-52(45)55)53(40-24-22-34-12-2-4-14-36(34)28-40)44-27-26-42(31-46(44)54(47)41-25-23-35-13-3-5-15-37(35)29-41)56-49-19-9-6-16-38(49)30-39-17-7-10-20-50(39)56/h2-29,31-33H,30H2,1H3. The molecule has 2 heteroatoms. The smallest absolute Gasteiger partial charge is 0.0497 e. The number of para-hydroxylation sites is 3. The number of rotatable bonds is 3. The number of hydrogen-bond acceptors (Lipinski definition) is 1. The fraction of sp³-hybridized carbons (Fsp3) is 0.0370. The van der Waals surface area contributed by atoms with Crippen molar-refractivity contribution in [2.75, 3.05) is 4.90 Å². The first kappa shape index (κ1) is 31.2. The molecule has 1 aliphatic heterocycles. The van der Waals surface area contributed by atoms with E-state index in [4.69, 9.17) is 0 Å². The molecular formula is C54H36N2. The Kier molecular flexibility index (Phi) is 6.64. The van der Waals surface area contributed by atoms with E-state index >= 15 is 0 Å². The maximum Gasteiger partial charge on any atom is 0.0497 e. The van der Waals surface area contributed by atoms with Crippen LogP contribution >= 0.6 is 0 Å². The lowest BCUT2D eigenvalue weighted by molar-refractivity contribution is 1.02. The summed E-state index contributed by atoms with van der Waals surface area (Å²) in [6.45, 7) is 0. The van der Waals surface area contributed by atoms with Crippen molar-refractivity contribution in [1.82, 2.24) is 4.57 Å². The van der Waals surface area contributed by atoms with Crippen LogP contribution in [-0.2, 0) is 13.5 Å². The summed E-state index contributed by atoms with van der Waals surface area (Å²) in [5, 5.41) is 12.5. The molecule has 0 aliphatic carbocycles. The van der Waals surface area contributed by atoms with Crippen LogP contribution in [0.1, 0.15) is 11.1 Å². The van der Waals surface area contributed by atoms with Crippen molar-refractivity contribution in [2.45, 2.75) is 6.42 Å². The van der Waals surface area contributed by atoms with Crippen molar-refractivity contribution in [3.05, 3.63) is 199 Å². The van der Waals surface area contributed by atoms with Crippen molar-refractivity contribution < 1.29 is 0 Å². The summed E-state index contributed by atoms with van der Waals surface area (Å²) in [7, 11) is 2.21. The van der Waals surface area contributed by atoms with Gasteiger partial charge in [0.15, 0.2) is 0 Å². The normalized spacial score (nSPS) is 12.6. The van der Waals surface area contributed by atoms with Crippen molar-refractivity contribution in [1.29, 1.82) is 0 Å². The summed E-state index contributed by atoms with van der Waals surface area (Å²) in [5.74, 6) is 0. The molecule has 2 heterocycles. The van der Waals surface area contributed by atoms with E-state index in [0.29, 0.717) is 0 Å². The quantitative estimate of drug-likeness (QED) is 0.166. The maximum atomic E-state index is 2.49. The highest BCUT2D eigenvalue weighted by atomic mass is 15.2. The Hall–Kier alpha value is -7.16. The molecular weight excluding hydrogens is 677 g/mol. The van der Waals surface area contributed by atoms with Gasteiger partial charge in [-0.15, -0.1) is 0 Å². The average Bonchev–Trinajstić information content (AvgIpc) is 3.53. The van der Waals surface area contributed by atoms with Gasteiger partial charge in [-0.1, -0.05) is 133 Å². The van der Waals surface area contributed by atoms with Crippen LogP contribution in [0.3, 0.4) is 0 Å². The van der Waals surface area contributed by atoms with Gasteiger partial charge in [0.2, 0.25) is 0 Å². The summed E-state index contributed by atoms with van der Waals surface area (Å²) in [4.78, 5) is 2.48. The number of anilines is 3. The van der Waals surface area contributed by atoms with Crippen molar-refractivity contribution >= 4 is 82.0 Å². The van der Waals surface area contributed by atoms with Gasteiger partial charge >= 0.3 is 0 Å². The van der Waals surface area contributed by atoms with Gasteiger partial charge in [0.05, 0.1) is 0 Å². The molecule has 0 spiro atoms. The molecule has 10 aromatic carbocycles. The average molecular weight is 713 g/mol. The lowest BCUT2D eigenvalue weighted by atomic mass is 9.84. The molecule has 1 aliphatic rings. The van der Waals surface area contributed by atoms with E-state index in [-0.39, 0.29) is 0 Å². The maximum absolute atomic E-state index is 2.49. The largest absolute Gasteiger partial charge is 0.344 e. The molecule has 12 rings (SSSR count). The van der Waals surface area contributed by atoms with E-state index in [2.05, 4.69) is 205 Å². The van der Waals surface area contributed by atoms with E-state index in [9.17, 15) is 0 Å². The molecule has 0 unspecified atom stereocenters. The zero-order chi connectivity index (χ0) is 36.9. The van der Waals surface area contributed by atoms with Crippen molar-refractivity contribution in [3.63, 3.8) is 0 Å². The summed E-state index contributed by atoms with van der Waals surface area (Å²) < 4.78 is 2.36. The number of aryl methyl sites for hydroxylation is 1. The molecule has 2 nitrogen and oxygen atoms in total. The minimum Gasteiger partial charge on any atom is -0.344 e. The van der Waals surface area contributed by atoms with Crippen LogP contribution in [0.15, 0.2) is 188 Å². The third-order valence-corrected chi connectivity index (χ3v) is 12.3.